The van der Waals surface area contributed by atoms with Crippen molar-refractivity contribution in [1.82, 2.24) is 20.4 Å². The van der Waals surface area contributed by atoms with Crippen LogP contribution in [-0.2, 0) is 16.0 Å². The lowest BCUT2D eigenvalue weighted by atomic mass is 10.1. The van der Waals surface area contributed by atoms with Crippen molar-refractivity contribution < 1.29 is 13.9 Å². The highest BCUT2D eigenvalue weighted by atomic mass is 19.1. The maximum Gasteiger partial charge on any atom is 0.243 e. The molecule has 0 spiro atoms. The number of hydrogen-bond acceptors (Lipinski definition) is 4. The number of aliphatic imine (C=N–C) groups is 1. The van der Waals surface area contributed by atoms with E-state index < -0.39 is 0 Å². The first-order valence-electron chi connectivity index (χ1n) is 9.32. The molecule has 27 heavy (non-hydrogen) atoms. The zero-order chi connectivity index (χ0) is 19.5. The summed E-state index contributed by atoms with van der Waals surface area (Å²) in [6.45, 7) is 5.56. The third-order valence-corrected chi connectivity index (χ3v) is 4.34. The molecule has 0 atom stereocenters. The normalized spacial score (nSPS) is 15.4. The number of ether oxygens (including phenoxy) is 1. The highest BCUT2D eigenvalue weighted by molar-refractivity contribution is 5.84. The molecule has 8 heteroatoms. The molecule has 1 aliphatic rings. The number of rotatable bonds is 8. The van der Waals surface area contributed by atoms with E-state index in [1.54, 1.807) is 26.2 Å². The van der Waals surface area contributed by atoms with Crippen LogP contribution in [0.5, 0.6) is 0 Å². The summed E-state index contributed by atoms with van der Waals surface area (Å²) in [6, 6.07) is 6.73. The molecule has 1 amide bonds. The summed E-state index contributed by atoms with van der Waals surface area (Å²) < 4.78 is 19.1. The van der Waals surface area contributed by atoms with Crippen LogP contribution >= 0.6 is 0 Å². The van der Waals surface area contributed by atoms with Gasteiger partial charge in [0.15, 0.2) is 5.96 Å². The van der Waals surface area contributed by atoms with Gasteiger partial charge < -0.3 is 20.3 Å². The van der Waals surface area contributed by atoms with Crippen molar-refractivity contribution in [2.75, 3.05) is 66.6 Å². The van der Waals surface area contributed by atoms with E-state index in [9.17, 15) is 9.18 Å². The van der Waals surface area contributed by atoms with E-state index in [2.05, 4.69) is 20.5 Å². The molecule has 0 aliphatic carbocycles. The van der Waals surface area contributed by atoms with Crippen LogP contribution in [0.2, 0.25) is 0 Å². The first-order chi connectivity index (χ1) is 13.1. The molecule has 150 valence electrons. The molecule has 0 saturated carbocycles. The molecule has 0 radical (unpaired) electrons. The minimum absolute atomic E-state index is 0.0690. The molecule has 2 rings (SSSR count). The van der Waals surface area contributed by atoms with Gasteiger partial charge >= 0.3 is 0 Å². The van der Waals surface area contributed by atoms with Crippen LogP contribution in [0.4, 0.5) is 4.39 Å². The van der Waals surface area contributed by atoms with Gasteiger partial charge in [0.05, 0.1) is 13.2 Å². The molecule has 0 aromatic heterocycles. The van der Waals surface area contributed by atoms with Crippen LogP contribution in [0.25, 0.3) is 0 Å². The maximum atomic E-state index is 13.7. The summed E-state index contributed by atoms with van der Waals surface area (Å²) in [5.41, 5.74) is 0.655. The van der Waals surface area contributed by atoms with Crippen LogP contribution in [0.1, 0.15) is 5.56 Å². The molecule has 1 fully saturated rings. The Morgan fingerprint density at radius 3 is 2.63 bits per heavy atom. The fourth-order valence-electron chi connectivity index (χ4n) is 2.64. The molecule has 0 bridgehead atoms. The van der Waals surface area contributed by atoms with E-state index in [4.69, 9.17) is 4.74 Å². The van der Waals surface area contributed by atoms with E-state index in [1.165, 1.54) is 11.0 Å². The number of benzene rings is 1. The Bertz CT molecular complexity index is 618. The molecule has 1 aliphatic heterocycles. The summed E-state index contributed by atoms with van der Waals surface area (Å²) >= 11 is 0. The number of halogens is 1. The Hall–Kier alpha value is -2.19. The van der Waals surface area contributed by atoms with Crippen molar-refractivity contribution in [1.29, 1.82) is 0 Å². The van der Waals surface area contributed by atoms with Gasteiger partial charge in [-0.2, -0.15) is 0 Å². The van der Waals surface area contributed by atoms with Gasteiger partial charge in [0.2, 0.25) is 5.91 Å². The van der Waals surface area contributed by atoms with E-state index in [-0.39, 0.29) is 18.3 Å². The summed E-state index contributed by atoms with van der Waals surface area (Å²) in [5, 5.41) is 6.44. The standard InChI is InChI=1S/C19H30FN5O2/c1-24(2)18(26)15-23-19(22-9-10-25-11-13-27-14-12-25)21-8-7-16-5-3-4-6-17(16)20/h3-6H,7-15H2,1-2H3,(H2,21,22,23). The Balaban J connectivity index is 1.83. The molecule has 1 saturated heterocycles. The first-order valence-corrected chi connectivity index (χ1v) is 9.32. The molecular formula is C19H30FN5O2. The average molecular weight is 379 g/mol. The number of morpholine rings is 1. The highest BCUT2D eigenvalue weighted by Gasteiger charge is 2.10. The van der Waals surface area contributed by atoms with Crippen molar-refractivity contribution >= 4 is 11.9 Å². The van der Waals surface area contributed by atoms with Crippen LogP contribution in [0.15, 0.2) is 29.3 Å². The van der Waals surface area contributed by atoms with Gasteiger partial charge in [0, 0.05) is 46.8 Å². The summed E-state index contributed by atoms with van der Waals surface area (Å²) in [6.07, 6.45) is 0.540. The monoisotopic (exact) mass is 379 g/mol. The minimum Gasteiger partial charge on any atom is -0.379 e. The van der Waals surface area contributed by atoms with Crippen LogP contribution in [0.3, 0.4) is 0 Å². The number of likely N-dealkylation sites (N-methyl/N-ethyl adjacent to an activating group) is 1. The average Bonchev–Trinajstić information content (AvgIpc) is 2.67. The van der Waals surface area contributed by atoms with Gasteiger partial charge in [-0.1, -0.05) is 18.2 Å². The number of nitrogens with one attached hydrogen (secondary N) is 2. The molecule has 1 aromatic carbocycles. The molecule has 7 nitrogen and oxygen atoms in total. The maximum absolute atomic E-state index is 13.7. The van der Waals surface area contributed by atoms with Crippen LogP contribution < -0.4 is 10.6 Å². The SMILES string of the molecule is CN(C)C(=O)CN=C(NCCc1ccccc1F)NCCN1CCOCC1. The van der Waals surface area contributed by atoms with Gasteiger partial charge in [-0.05, 0) is 18.1 Å². The second-order valence-electron chi connectivity index (χ2n) is 6.60. The Kier molecular flexibility index (Phi) is 9.00. The second-order valence-corrected chi connectivity index (χ2v) is 6.60. The molecule has 1 heterocycles. The molecule has 2 N–H and O–H groups in total. The van der Waals surface area contributed by atoms with Crippen molar-refractivity contribution in [3.05, 3.63) is 35.6 Å². The van der Waals surface area contributed by atoms with Crippen molar-refractivity contribution in [3.8, 4) is 0 Å². The fourth-order valence-corrected chi connectivity index (χ4v) is 2.64. The molecular weight excluding hydrogens is 349 g/mol. The van der Waals surface area contributed by atoms with E-state index in [0.717, 1.165) is 32.8 Å². The smallest absolute Gasteiger partial charge is 0.243 e. The van der Waals surface area contributed by atoms with E-state index >= 15 is 0 Å². The number of amides is 1. The lowest BCUT2D eigenvalue weighted by molar-refractivity contribution is -0.127. The van der Waals surface area contributed by atoms with Crippen molar-refractivity contribution in [2.24, 2.45) is 4.99 Å². The van der Waals surface area contributed by atoms with Gasteiger partial charge in [-0.3, -0.25) is 9.69 Å². The highest BCUT2D eigenvalue weighted by Crippen LogP contribution is 2.06. The minimum atomic E-state index is -0.208. The summed E-state index contributed by atoms with van der Waals surface area (Å²) in [5.74, 6) is 0.286. The third kappa shape index (κ3) is 7.92. The first kappa shape index (κ1) is 21.1. The number of hydrogen-bond donors (Lipinski definition) is 2. The van der Waals surface area contributed by atoms with Crippen LogP contribution in [0, 0.1) is 5.82 Å². The van der Waals surface area contributed by atoms with Gasteiger partial charge in [0.1, 0.15) is 12.4 Å². The lowest BCUT2D eigenvalue weighted by Gasteiger charge is -2.26. The quantitative estimate of drug-likeness (QED) is 0.503. The second kappa shape index (κ2) is 11.5. The van der Waals surface area contributed by atoms with E-state index in [0.29, 0.717) is 31.0 Å². The number of guanidine groups is 1. The number of nitrogens with zero attached hydrogens (tertiary/aromatic N) is 3. The van der Waals surface area contributed by atoms with Gasteiger partial charge in [-0.25, -0.2) is 9.38 Å². The Morgan fingerprint density at radius 2 is 1.93 bits per heavy atom. The third-order valence-electron chi connectivity index (χ3n) is 4.34. The summed E-state index contributed by atoms with van der Waals surface area (Å²) in [7, 11) is 3.41. The van der Waals surface area contributed by atoms with Crippen molar-refractivity contribution in [2.45, 2.75) is 6.42 Å². The largest absolute Gasteiger partial charge is 0.379 e. The van der Waals surface area contributed by atoms with Crippen molar-refractivity contribution in [3.63, 3.8) is 0 Å². The fraction of sp³-hybridized carbons (Fsp3) is 0.579. The predicted octanol–water partition coefficient (Wildman–Crippen LogP) is 0.324. The molecule has 1 aromatic rings. The zero-order valence-electron chi connectivity index (χ0n) is 16.2. The van der Waals surface area contributed by atoms with Crippen LogP contribution in [-0.4, -0.2) is 88.2 Å². The topological polar surface area (TPSA) is 69.2 Å². The Labute approximate surface area is 160 Å². The predicted molar refractivity (Wildman–Crippen MR) is 104 cm³/mol. The summed E-state index contributed by atoms with van der Waals surface area (Å²) in [4.78, 5) is 20.0. The van der Waals surface area contributed by atoms with E-state index in [1.807, 2.05) is 6.07 Å². The molecule has 0 unspecified atom stereocenters. The lowest BCUT2D eigenvalue weighted by Crippen LogP contribution is -2.45. The van der Waals surface area contributed by atoms with Gasteiger partial charge in [0.25, 0.3) is 0 Å². The number of carbonyl (C=O) groups is 1. The zero-order valence-corrected chi connectivity index (χ0v) is 16.2. The number of carbonyl (C=O) groups excluding carboxylic acids is 1. The van der Waals surface area contributed by atoms with Gasteiger partial charge in [-0.15, -0.1) is 0 Å². The Morgan fingerprint density at radius 1 is 1.22 bits per heavy atom.